The molecule has 6 heteroatoms. The second-order valence-corrected chi connectivity index (χ2v) is 4.13. The van der Waals surface area contributed by atoms with E-state index in [1.54, 1.807) is 25.1 Å². The van der Waals surface area contributed by atoms with Gasteiger partial charge in [0.15, 0.2) is 0 Å². The van der Waals surface area contributed by atoms with Crippen LogP contribution in [0.3, 0.4) is 0 Å². The second-order valence-electron chi connectivity index (χ2n) is 2.28. The van der Waals surface area contributed by atoms with E-state index in [1.807, 2.05) is 0 Å². The molecular weight excluding hydrogens is 223 g/mol. The standard InChI is InChI=1S/C7H7ClO3S.Na/c1-6-4-2-3-5-7(6)12(9,10)11-8;/h2-5H,1H3;. The minimum atomic E-state index is -3.76. The quantitative estimate of drug-likeness (QED) is 0.722. The molecule has 0 aliphatic carbocycles. The van der Waals surface area contributed by atoms with Gasteiger partial charge in [-0.15, -0.1) is 0 Å². The van der Waals surface area contributed by atoms with E-state index in [0.717, 1.165) is 0 Å². The Morgan fingerprint density at radius 2 is 1.85 bits per heavy atom. The third-order valence-corrected chi connectivity index (χ3v) is 3.11. The van der Waals surface area contributed by atoms with E-state index < -0.39 is 10.1 Å². The fourth-order valence-corrected chi connectivity index (χ4v) is 1.85. The van der Waals surface area contributed by atoms with Crippen molar-refractivity contribution in [2.75, 3.05) is 0 Å². The van der Waals surface area contributed by atoms with Crippen LogP contribution in [-0.4, -0.2) is 38.0 Å². The van der Waals surface area contributed by atoms with E-state index in [4.69, 9.17) is 11.9 Å². The molecule has 1 aromatic rings. The number of hydrogen-bond acceptors (Lipinski definition) is 3. The maximum atomic E-state index is 11.1. The Balaban J connectivity index is 0.00000144. The third-order valence-electron chi connectivity index (χ3n) is 1.45. The minimum Gasteiger partial charge on any atom is -0.193 e. The number of hydrogen-bond donors (Lipinski definition) is 0. The van der Waals surface area contributed by atoms with Crippen LogP contribution >= 0.6 is 11.9 Å². The SMILES string of the molecule is Cc1ccccc1S(=O)(=O)OCl.[Na]. The predicted molar refractivity (Wildman–Crippen MR) is 51.1 cm³/mol. The summed E-state index contributed by atoms with van der Waals surface area (Å²) in [6.45, 7) is 1.67. The molecule has 0 atom stereocenters. The summed E-state index contributed by atoms with van der Waals surface area (Å²) in [5.74, 6) is 0. The smallest absolute Gasteiger partial charge is 0.193 e. The van der Waals surface area contributed by atoms with E-state index in [0.29, 0.717) is 5.56 Å². The van der Waals surface area contributed by atoms with Crippen LogP contribution in [0.5, 0.6) is 0 Å². The summed E-state index contributed by atoms with van der Waals surface area (Å²) >= 11 is 4.81. The van der Waals surface area contributed by atoms with Crippen LogP contribution in [0.4, 0.5) is 0 Å². The maximum Gasteiger partial charge on any atom is 0.313 e. The van der Waals surface area contributed by atoms with E-state index in [1.165, 1.54) is 6.07 Å². The normalized spacial score (nSPS) is 10.6. The topological polar surface area (TPSA) is 43.4 Å². The zero-order valence-corrected chi connectivity index (χ0v) is 10.9. The van der Waals surface area contributed by atoms with Gasteiger partial charge in [0.1, 0.15) is 0 Å². The zero-order chi connectivity index (χ0) is 9.19. The summed E-state index contributed by atoms with van der Waals surface area (Å²) in [7, 11) is -3.76. The van der Waals surface area contributed by atoms with Crippen molar-refractivity contribution in [3.63, 3.8) is 0 Å². The van der Waals surface area contributed by atoms with Gasteiger partial charge in [-0.3, -0.25) is 0 Å². The van der Waals surface area contributed by atoms with Crippen LogP contribution in [0.25, 0.3) is 0 Å². The van der Waals surface area contributed by atoms with Gasteiger partial charge in [0.2, 0.25) is 0 Å². The molecule has 1 rings (SSSR count). The number of benzene rings is 1. The molecule has 0 saturated carbocycles. The molecule has 0 heterocycles. The maximum absolute atomic E-state index is 11.1. The van der Waals surface area contributed by atoms with Gasteiger partial charge in [0.05, 0.1) is 16.8 Å². The van der Waals surface area contributed by atoms with Crippen molar-refractivity contribution in [3.05, 3.63) is 29.8 Å². The second kappa shape index (κ2) is 5.34. The Morgan fingerprint density at radius 3 is 2.31 bits per heavy atom. The molecule has 0 N–H and O–H groups in total. The molecule has 0 aliphatic heterocycles. The van der Waals surface area contributed by atoms with Crippen molar-refractivity contribution < 1.29 is 12.2 Å². The van der Waals surface area contributed by atoms with Crippen molar-refractivity contribution >= 4 is 51.5 Å². The van der Waals surface area contributed by atoms with Crippen LogP contribution in [0.2, 0.25) is 0 Å². The molecule has 0 aliphatic rings. The van der Waals surface area contributed by atoms with Gasteiger partial charge in [-0.1, -0.05) is 18.2 Å². The minimum absolute atomic E-state index is 0. The Hall–Kier alpha value is 0.420. The van der Waals surface area contributed by atoms with Crippen LogP contribution in [0, 0.1) is 6.92 Å². The van der Waals surface area contributed by atoms with Gasteiger partial charge in [0, 0.05) is 29.6 Å². The first kappa shape index (κ1) is 13.4. The Labute approximate surface area is 105 Å². The summed E-state index contributed by atoms with van der Waals surface area (Å²) in [5.41, 5.74) is 0.609. The van der Waals surface area contributed by atoms with Crippen LogP contribution in [0.15, 0.2) is 29.2 Å². The van der Waals surface area contributed by atoms with Gasteiger partial charge in [0.25, 0.3) is 0 Å². The Kier molecular flexibility index (Phi) is 5.51. The van der Waals surface area contributed by atoms with Crippen molar-refractivity contribution in [1.82, 2.24) is 0 Å². The molecule has 0 amide bonds. The molecule has 0 unspecified atom stereocenters. The van der Waals surface area contributed by atoms with Crippen molar-refractivity contribution in [2.45, 2.75) is 11.8 Å². The van der Waals surface area contributed by atoms with Gasteiger partial charge in [-0.25, -0.2) is 0 Å². The van der Waals surface area contributed by atoms with Crippen molar-refractivity contribution in [2.24, 2.45) is 0 Å². The monoisotopic (exact) mass is 229 g/mol. The summed E-state index contributed by atoms with van der Waals surface area (Å²) in [6, 6.07) is 6.45. The number of rotatable bonds is 2. The van der Waals surface area contributed by atoms with Crippen LogP contribution in [-0.2, 0) is 13.9 Å². The first-order chi connectivity index (χ1) is 5.58. The molecule has 0 fully saturated rings. The third kappa shape index (κ3) is 3.23. The number of halogens is 1. The fourth-order valence-electron chi connectivity index (χ4n) is 0.871. The van der Waals surface area contributed by atoms with Gasteiger partial charge < -0.3 is 0 Å². The van der Waals surface area contributed by atoms with Crippen molar-refractivity contribution in [3.8, 4) is 0 Å². The molecule has 1 aromatic carbocycles. The molecule has 1 radical (unpaired) electrons. The molecule has 67 valence electrons. The Morgan fingerprint density at radius 1 is 1.31 bits per heavy atom. The van der Waals surface area contributed by atoms with Crippen LogP contribution < -0.4 is 0 Å². The largest absolute Gasteiger partial charge is 0.313 e. The van der Waals surface area contributed by atoms with Gasteiger partial charge >= 0.3 is 10.1 Å². The van der Waals surface area contributed by atoms with Gasteiger partial charge in [-0.05, 0) is 18.6 Å². The molecule has 0 bridgehead atoms. The predicted octanol–water partition coefficient (Wildman–Crippen LogP) is 1.47. The molecule has 0 spiro atoms. The van der Waals surface area contributed by atoms with E-state index in [9.17, 15) is 8.42 Å². The molecular formula is C7H7ClNaO3S. The summed E-state index contributed by atoms with van der Waals surface area (Å²) in [5, 5.41) is 0. The molecule has 0 saturated heterocycles. The summed E-state index contributed by atoms with van der Waals surface area (Å²) in [6.07, 6.45) is 0. The van der Waals surface area contributed by atoms with Crippen LogP contribution in [0.1, 0.15) is 5.56 Å². The Bertz CT molecular complexity index is 377. The van der Waals surface area contributed by atoms with E-state index in [2.05, 4.69) is 3.74 Å². The first-order valence-corrected chi connectivity index (χ1v) is 4.90. The summed E-state index contributed by atoms with van der Waals surface area (Å²) < 4.78 is 26.0. The van der Waals surface area contributed by atoms with E-state index >= 15 is 0 Å². The molecule has 3 nitrogen and oxygen atoms in total. The summed E-state index contributed by atoms with van der Waals surface area (Å²) in [4.78, 5) is 0.0972. The number of aryl methyl sites for hydroxylation is 1. The van der Waals surface area contributed by atoms with Crippen molar-refractivity contribution in [1.29, 1.82) is 0 Å². The first-order valence-electron chi connectivity index (χ1n) is 3.19. The zero-order valence-electron chi connectivity index (χ0n) is 7.32. The van der Waals surface area contributed by atoms with Gasteiger partial charge in [-0.2, -0.15) is 12.2 Å². The molecule has 13 heavy (non-hydrogen) atoms. The van der Waals surface area contributed by atoms with E-state index in [-0.39, 0.29) is 34.5 Å². The fraction of sp³-hybridized carbons (Fsp3) is 0.143. The molecule has 0 aromatic heterocycles. The average Bonchev–Trinajstić information content (AvgIpc) is 2.05. The average molecular weight is 230 g/mol.